The summed E-state index contributed by atoms with van der Waals surface area (Å²) in [7, 11) is 0. The van der Waals surface area contributed by atoms with E-state index in [4.69, 9.17) is 10.6 Å². The number of aromatic nitrogens is 2. The van der Waals surface area contributed by atoms with Crippen molar-refractivity contribution >= 4 is 21.9 Å². The number of halogens is 3. The highest BCUT2D eigenvalue weighted by Crippen LogP contribution is 2.29. The largest absolute Gasteiger partial charge is 0.435 e. The Morgan fingerprint density at radius 3 is 2.78 bits per heavy atom. The second-order valence-electron chi connectivity index (χ2n) is 3.17. The van der Waals surface area contributed by atoms with E-state index >= 15 is 0 Å². The van der Waals surface area contributed by atoms with Gasteiger partial charge >= 0.3 is 0 Å². The summed E-state index contributed by atoms with van der Waals surface area (Å²) in [5, 5.41) is 0. The lowest BCUT2D eigenvalue weighted by atomic mass is 10.3. The zero-order valence-corrected chi connectivity index (χ0v) is 10.4. The summed E-state index contributed by atoms with van der Waals surface area (Å²) in [4.78, 5) is 7.68. The number of hydrazine groups is 1. The number of ether oxygens (including phenoxy) is 1. The van der Waals surface area contributed by atoms with Gasteiger partial charge in [0, 0.05) is 6.07 Å². The number of anilines is 1. The number of hydrogen-bond donors (Lipinski definition) is 2. The summed E-state index contributed by atoms with van der Waals surface area (Å²) in [5.74, 6) is 3.63. The molecule has 0 aliphatic rings. The van der Waals surface area contributed by atoms with Crippen LogP contribution in [0.25, 0.3) is 0 Å². The van der Waals surface area contributed by atoms with Crippen molar-refractivity contribution in [2.75, 3.05) is 5.43 Å². The molecule has 1 aromatic carbocycles. The lowest BCUT2D eigenvalue weighted by molar-refractivity contribution is 0.421. The van der Waals surface area contributed by atoms with Crippen LogP contribution in [0.5, 0.6) is 11.6 Å². The molecule has 2 aromatic rings. The smallest absolute Gasteiger partial charge is 0.240 e. The molecule has 0 spiro atoms. The van der Waals surface area contributed by atoms with E-state index < -0.39 is 11.6 Å². The van der Waals surface area contributed by atoms with Crippen LogP contribution in [-0.2, 0) is 0 Å². The minimum Gasteiger partial charge on any atom is -0.435 e. The molecule has 1 heterocycles. The van der Waals surface area contributed by atoms with E-state index in [1.54, 1.807) is 0 Å². The predicted octanol–water partition coefficient (Wildman–Crippen LogP) is 2.60. The van der Waals surface area contributed by atoms with Crippen molar-refractivity contribution in [3.8, 4) is 11.6 Å². The lowest BCUT2D eigenvalue weighted by Gasteiger charge is -2.08. The lowest BCUT2D eigenvalue weighted by Crippen LogP contribution is -2.10. The second kappa shape index (κ2) is 5.23. The van der Waals surface area contributed by atoms with Gasteiger partial charge in [-0.2, -0.15) is 4.98 Å². The van der Waals surface area contributed by atoms with Gasteiger partial charge in [-0.1, -0.05) is 0 Å². The molecule has 0 amide bonds. The van der Waals surface area contributed by atoms with Crippen molar-refractivity contribution < 1.29 is 13.5 Å². The maximum atomic E-state index is 13.4. The molecule has 94 valence electrons. The molecule has 0 saturated heterocycles. The highest BCUT2D eigenvalue weighted by atomic mass is 79.9. The van der Waals surface area contributed by atoms with Gasteiger partial charge in [0.2, 0.25) is 11.8 Å². The SMILES string of the molecule is NNc1ncc(Br)c(Oc2ccc(F)cc2F)n1. The van der Waals surface area contributed by atoms with Crippen molar-refractivity contribution in [3.05, 3.63) is 40.5 Å². The molecule has 0 aliphatic heterocycles. The van der Waals surface area contributed by atoms with Crippen molar-refractivity contribution in [2.45, 2.75) is 0 Å². The second-order valence-corrected chi connectivity index (χ2v) is 4.02. The first-order chi connectivity index (χ1) is 8.60. The minimum absolute atomic E-state index is 0.0588. The Kier molecular flexibility index (Phi) is 3.68. The molecular weight excluding hydrogens is 310 g/mol. The first-order valence-electron chi connectivity index (χ1n) is 4.72. The molecule has 2 rings (SSSR count). The number of benzene rings is 1. The Morgan fingerprint density at radius 1 is 1.33 bits per heavy atom. The molecule has 3 N–H and O–H groups in total. The Hall–Kier alpha value is -1.80. The molecule has 0 saturated carbocycles. The van der Waals surface area contributed by atoms with Crippen LogP contribution in [0.15, 0.2) is 28.9 Å². The minimum atomic E-state index is -0.831. The molecule has 0 bridgehead atoms. The number of nitrogens with one attached hydrogen (secondary N) is 1. The summed E-state index contributed by atoms with van der Waals surface area (Å²) >= 11 is 3.14. The molecule has 8 heteroatoms. The van der Waals surface area contributed by atoms with E-state index in [9.17, 15) is 8.78 Å². The maximum Gasteiger partial charge on any atom is 0.240 e. The van der Waals surface area contributed by atoms with Gasteiger partial charge in [-0.05, 0) is 28.1 Å². The van der Waals surface area contributed by atoms with E-state index in [0.29, 0.717) is 10.5 Å². The van der Waals surface area contributed by atoms with Crippen LogP contribution in [0, 0.1) is 11.6 Å². The molecule has 0 fully saturated rings. The molecule has 1 aromatic heterocycles. The predicted molar refractivity (Wildman–Crippen MR) is 64.0 cm³/mol. The highest BCUT2D eigenvalue weighted by molar-refractivity contribution is 9.10. The Morgan fingerprint density at radius 2 is 2.11 bits per heavy atom. The average molecular weight is 317 g/mol. The van der Waals surface area contributed by atoms with Gasteiger partial charge in [0.05, 0.1) is 10.7 Å². The monoisotopic (exact) mass is 316 g/mol. The number of nitrogen functional groups attached to an aromatic ring is 1. The number of hydrogen-bond acceptors (Lipinski definition) is 5. The fourth-order valence-electron chi connectivity index (χ4n) is 1.15. The van der Waals surface area contributed by atoms with Crippen molar-refractivity contribution in [3.63, 3.8) is 0 Å². The molecule has 18 heavy (non-hydrogen) atoms. The third kappa shape index (κ3) is 2.71. The summed E-state index contributed by atoms with van der Waals surface area (Å²) in [6.07, 6.45) is 1.39. The normalized spacial score (nSPS) is 10.2. The van der Waals surface area contributed by atoms with Crippen LogP contribution in [0.1, 0.15) is 0 Å². The zero-order chi connectivity index (χ0) is 13.1. The first-order valence-corrected chi connectivity index (χ1v) is 5.51. The van der Waals surface area contributed by atoms with Crippen LogP contribution in [0.2, 0.25) is 0 Å². The number of nitrogens with two attached hydrogens (primary N) is 1. The van der Waals surface area contributed by atoms with Gasteiger partial charge in [-0.3, -0.25) is 5.43 Å². The van der Waals surface area contributed by atoms with Gasteiger partial charge in [0.25, 0.3) is 0 Å². The maximum absolute atomic E-state index is 13.4. The van der Waals surface area contributed by atoms with E-state index in [1.807, 2.05) is 0 Å². The van der Waals surface area contributed by atoms with E-state index in [0.717, 1.165) is 12.1 Å². The molecule has 5 nitrogen and oxygen atoms in total. The Labute approximate surface area is 109 Å². The van der Waals surface area contributed by atoms with E-state index in [-0.39, 0.29) is 17.6 Å². The zero-order valence-electron chi connectivity index (χ0n) is 8.82. The fourth-order valence-corrected chi connectivity index (χ4v) is 1.43. The molecule has 0 unspecified atom stereocenters. The fraction of sp³-hybridized carbons (Fsp3) is 0. The van der Waals surface area contributed by atoms with Crippen LogP contribution < -0.4 is 16.0 Å². The van der Waals surface area contributed by atoms with Crippen LogP contribution in [0.4, 0.5) is 14.7 Å². The molecular formula is C10H7BrF2N4O. The summed E-state index contributed by atoms with van der Waals surface area (Å²) in [5.41, 5.74) is 2.23. The standard InChI is InChI=1S/C10H7BrF2N4O/c11-6-4-15-10(17-14)16-9(6)18-8-2-1-5(12)3-7(8)13/h1-4H,14H2,(H,15,16,17). The van der Waals surface area contributed by atoms with E-state index in [1.165, 1.54) is 6.20 Å². The van der Waals surface area contributed by atoms with Gasteiger partial charge < -0.3 is 4.74 Å². The van der Waals surface area contributed by atoms with Gasteiger partial charge in [0.1, 0.15) is 5.82 Å². The van der Waals surface area contributed by atoms with Crippen LogP contribution in [0.3, 0.4) is 0 Å². The highest BCUT2D eigenvalue weighted by Gasteiger charge is 2.11. The molecule has 0 aliphatic carbocycles. The van der Waals surface area contributed by atoms with Crippen molar-refractivity contribution in [2.24, 2.45) is 5.84 Å². The number of rotatable bonds is 3. The Balaban J connectivity index is 2.33. The molecule has 0 atom stereocenters. The summed E-state index contributed by atoms with van der Waals surface area (Å²) < 4.78 is 31.7. The third-order valence-corrected chi connectivity index (χ3v) is 2.49. The van der Waals surface area contributed by atoms with Crippen LogP contribution >= 0.6 is 15.9 Å². The van der Waals surface area contributed by atoms with Gasteiger partial charge in [-0.25, -0.2) is 19.6 Å². The summed E-state index contributed by atoms with van der Waals surface area (Å²) in [6, 6.07) is 2.96. The van der Waals surface area contributed by atoms with E-state index in [2.05, 4.69) is 31.3 Å². The van der Waals surface area contributed by atoms with Gasteiger partial charge in [0.15, 0.2) is 11.6 Å². The first kappa shape index (κ1) is 12.7. The average Bonchev–Trinajstić information content (AvgIpc) is 2.35. The quantitative estimate of drug-likeness (QED) is 0.672. The van der Waals surface area contributed by atoms with Gasteiger partial charge in [-0.15, -0.1) is 0 Å². The topological polar surface area (TPSA) is 73.1 Å². The summed E-state index contributed by atoms with van der Waals surface area (Å²) in [6.45, 7) is 0. The van der Waals surface area contributed by atoms with Crippen molar-refractivity contribution in [1.29, 1.82) is 0 Å². The number of nitrogens with zero attached hydrogens (tertiary/aromatic N) is 2. The Bertz CT molecular complexity index is 582. The molecule has 0 radical (unpaired) electrons. The third-order valence-electron chi connectivity index (χ3n) is 1.94. The van der Waals surface area contributed by atoms with Crippen LogP contribution in [-0.4, -0.2) is 9.97 Å². The van der Waals surface area contributed by atoms with Crippen molar-refractivity contribution in [1.82, 2.24) is 9.97 Å².